The third kappa shape index (κ3) is 5.84. The minimum absolute atomic E-state index is 0.0373. The number of carbonyl (C=O) groups excluding carboxylic acids is 2. The largest absolute Gasteiger partial charge is 0.481 e. The molecule has 3 rings (SSSR count). The van der Waals surface area contributed by atoms with E-state index in [1.165, 1.54) is 11.1 Å². The summed E-state index contributed by atoms with van der Waals surface area (Å²) in [5.41, 5.74) is 4.78. The van der Waals surface area contributed by atoms with Crippen LogP contribution in [0, 0.1) is 0 Å². The summed E-state index contributed by atoms with van der Waals surface area (Å²) in [4.78, 5) is 35.7. The predicted octanol–water partition coefficient (Wildman–Crippen LogP) is 4.06. The third-order valence-corrected chi connectivity index (χ3v) is 4.94. The third-order valence-electron chi connectivity index (χ3n) is 4.94. The van der Waals surface area contributed by atoms with Crippen LogP contribution in [0.15, 0.2) is 42.5 Å². The topological polar surface area (TPSA) is 102 Å². The van der Waals surface area contributed by atoms with Crippen molar-refractivity contribution in [3.63, 3.8) is 0 Å². The van der Waals surface area contributed by atoms with Gasteiger partial charge in [0.25, 0.3) is 0 Å². The van der Waals surface area contributed by atoms with Gasteiger partial charge in [-0.25, -0.2) is 9.59 Å². The van der Waals surface area contributed by atoms with Gasteiger partial charge in [-0.15, -0.1) is 0 Å². The molecule has 2 aromatic carbocycles. The summed E-state index contributed by atoms with van der Waals surface area (Å²) < 4.78 is 10.7. The van der Waals surface area contributed by atoms with Crippen molar-refractivity contribution in [3.05, 3.63) is 59.2 Å². The number of fused-ring (bicyclic) bond motifs is 3. The van der Waals surface area contributed by atoms with Crippen LogP contribution in [0.25, 0.3) is 11.1 Å². The smallest absolute Gasteiger partial charge is 0.408 e. The fraction of sp³-hybridized carbons (Fsp3) is 0.375. The zero-order valence-electron chi connectivity index (χ0n) is 17.9. The van der Waals surface area contributed by atoms with Gasteiger partial charge in [-0.2, -0.15) is 0 Å². The van der Waals surface area contributed by atoms with Gasteiger partial charge in [0.15, 0.2) is 0 Å². The Morgan fingerprint density at radius 1 is 1.06 bits per heavy atom. The van der Waals surface area contributed by atoms with E-state index in [0.717, 1.165) is 23.1 Å². The van der Waals surface area contributed by atoms with E-state index in [1.54, 1.807) is 20.8 Å². The SMILES string of the molecule is CC(C)(C)OC(=O)NC(CCC(=O)O)C(=O)OCc1cccc2c1Cc1ccccc1-2. The average molecular weight is 425 g/mol. The number of rotatable bonds is 7. The molecule has 0 spiro atoms. The van der Waals surface area contributed by atoms with E-state index < -0.39 is 29.7 Å². The second kappa shape index (κ2) is 9.20. The van der Waals surface area contributed by atoms with Crippen LogP contribution in [-0.2, 0) is 32.1 Å². The summed E-state index contributed by atoms with van der Waals surface area (Å²) >= 11 is 0. The minimum Gasteiger partial charge on any atom is -0.481 e. The van der Waals surface area contributed by atoms with Crippen LogP contribution in [0.1, 0.15) is 50.3 Å². The van der Waals surface area contributed by atoms with Crippen LogP contribution in [0.3, 0.4) is 0 Å². The molecule has 1 amide bonds. The predicted molar refractivity (Wildman–Crippen MR) is 115 cm³/mol. The van der Waals surface area contributed by atoms with Crippen LogP contribution in [0.5, 0.6) is 0 Å². The molecule has 1 unspecified atom stereocenters. The molecule has 0 aromatic heterocycles. The monoisotopic (exact) mass is 425 g/mol. The first-order valence-electron chi connectivity index (χ1n) is 10.2. The highest BCUT2D eigenvalue weighted by atomic mass is 16.6. The maximum atomic E-state index is 12.7. The Morgan fingerprint density at radius 3 is 2.48 bits per heavy atom. The van der Waals surface area contributed by atoms with Gasteiger partial charge in [0, 0.05) is 6.42 Å². The molecule has 0 saturated heterocycles. The molecule has 2 N–H and O–H groups in total. The van der Waals surface area contributed by atoms with Crippen molar-refractivity contribution in [2.75, 3.05) is 0 Å². The fourth-order valence-corrected chi connectivity index (χ4v) is 3.57. The highest BCUT2D eigenvalue weighted by Gasteiger charge is 2.27. The van der Waals surface area contributed by atoms with Crippen molar-refractivity contribution in [3.8, 4) is 11.1 Å². The highest BCUT2D eigenvalue weighted by molar-refractivity contribution is 5.82. The molecule has 1 aliphatic rings. The first-order chi connectivity index (χ1) is 14.6. The van der Waals surface area contributed by atoms with Crippen LogP contribution in [0.4, 0.5) is 4.79 Å². The fourth-order valence-electron chi connectivity index (χ4n) is 3.57. The summed E-state index contributed by atoms with van der Waals surface area (Å²) in [7, 11) is 0. The summed E-state index contributed by atoms with van der Waals surface area (Å²) in [6.45, 7) is 5.14. The summed E-state index contributed by atoms with van der Waals surface area (Å²) in [5.74, 6) is -1.76. The Labute approximate surface area is 181 Å². The van der Waals surface area contributed by atoms with Gasteiger partial charge in [0.1, 0.15) is 18.2 Å². The Hall–Kier alpha value is -3.35. The van der Waals surface area contributed by atoms with E-state index in [2.05, 4.69) is 17.4 Å². The second-order valence-corrected chi connectivity index (χ2v) is 8.52. The Bertz CT molecular complexity index is 992. The van der Waals surface area contributed by atoms with Crippen molar-refractivity contribution < 1.29 is 29.0 Å². The Balaban J connectivity index is 1.68. The average Bonchev–Trinajstić information content (AvgIpc) is 3.07. The van der Waals surface area contributed by atoms with E-state index in [4.69, 9.17) is 14.6 Å². The van der Waals surface area contributed by atoms with Gasteiger partial charge in [-0.1, -0.05) is 42.5 Å². The first-order valence-corrected chi connectivity index (χ1v) is 10.2. The van der Waals surface area contributed by atoms with Gasteiger partial charge in [-0.3, -0.25) is 4.79 Å². The van der Waals surface area contributed by atoms with E-state index in [1.807, 2.05) is 30.3 Å². The van der Waals surface area contributed by atoms with Crippen molar-refractivity contribution in [2.45, 2.75) is 58.3 Å². The quantitative estimate of drug-likeness (QED) is 0.554. The molecule has 0 heterocycles. The molecule has 0 saturated carbocycles. The summed E-state index contributed by atoms with van der Waals surface area (Å²) in [6, 6.07) is 12.9. The minimum atomic E-state index is -1.11. The molecule has 1 atom stereocenters. The molecular weight excluding hydrogens is 398 g/mol. The molecule has 0 bridgehead atoms. The molecule has 0 aliphatic heterocycles. The number of benzene rings is 2. The number of hydrogen-bond acceptors (Lipinski definition) is 5. The number of aliphatic carboxylic acids is 1. The number of carboxylic acid groups (broad SMARTS) is 1. The van der Waals surface area contributed by atoms with Crippen LogP contribution in [-0.4, -0.2) is 34.8 Å². The van der Waals surface area contributed by atoms with Crippen molar-refractivity contribution >= 4 is 18.0 Å². The zero-order valence-corrected chi connectivity index (χ0v) is 17.9. The molecule has 164 valence electrons. The second-order valence-electron chi connectivity index (χ2n) is 8.52. The lowest BCUT2D eigenvalue weighted by Crippen LogP contribution is -2.44. The maximum Gasteiger partial charge on any atom is 0.408 e. The van der Waals surface area contributed by atoms with Gasteiger partial charge < -0.3 is 19.9 Å². The Kier molecular flexibility index (Phi) is 6.63. The lowest BCUT2D eigenvalue weighted by atomic mass is 10.0. The number of nitrogens with one attached hydrogen (secondary N) is 1. The van der Waals surface area contributed by atoms with E-state index in [-0.39, 0.29) is 19.4 Å². The number of alkyl carbamates (subject to hydrolysis) is 1. The van der Waals surface area contributed by atoms with Crippen LogP contribution >= 0.6 is 0 Å². The van der Waals surface area contributed by atoms with Crippen molar-refractivity contribution in [2.24, 2.45) is 0 Å². The maximum absolute atomic E-state index is 12.7. The number of esters is 1. The van der Waals surface area contributed by atoms with Crippen LogP contribution in [0.2, 0.25) is 0 Å². The van der Waals surface area contributed by atoms with Gasteiger partial charge in [0.05, 0.1) is 0 Å². The van der Waals surface area contributed by atoms with Crippen molar-refractivity contribution in [1.82, 2.24) is 5.32 Å². The van der Waals surface area contributed by atoms with Gasteiger partial charge >= 0.3 is 18.0 Å². The molecule has 7 heteroatoms. The van der Waals surface area contributed by atoms with Crippen molar-refractivity contribution in [1.29, 1.82) is 0 Å². The number of carboxylic acids is 1. The molecule has 0 fully saturated rings. The molecule has 7 nitrogen and oxygen atoms in total. The molecular formula is C24H27NO6. The van der Waals surface area contributed by atoms with Gasteiger partial charge in [-0.05, 0) is 61.4 Å². The normalized spacial score (nSPS) is 13.0. The standard InChI is InChI=1S/C24H27NO6/c1-24(2,3)31-23(29)25-20(11-12-21(26)27)22(28)30-14-16-8-6-10-18-17-9-5-4-7-15(17)13-19(16)18/h4-10,20H,11-14H2,1-3H3,(H,25,29)(H,26,27). The molecule has 2 aromatic rings. The van der Waals surface area contributed by atoms with E-state index in [0.29, 0.717) is 0 Å². The molecule has 1 aliphatic carbocycles. The highest BCUT2D eigenvalue weighted by Crippen LogP contribution is 2.38. The summed E-state index contributed by atoms with van der Waals surface area (Å²) in [5, 5.41) is 11.4. The number of carbonyl (C=O) groups is 3. The van der Waals surface area contributed by atoms with Gasteiger partial charge in [0.2, 0.25) is 0 Å². The lowest BCUT2D eigenvalue weighted by molar-refractivity contribution is -0.148. The number of amides is 1. The number of hydrogen-bond donors (Lipinski definition) is 2. The first kappa shape index (κ1) is 22.3. The lowest BCUT2D eigenvalue weighted by Gasteiger charge is -2.23. The molecule has 0 radical (unpaired) electrons. The van der Waals surface area contributed by atoms with Crippen LogP contribution < -0.4 is 5.32 Å². The van der Waals surface area contributed by atoms with E-state index >= 15 is 0 Å². The van der Waals surface area contributed by atoms with E-state index in [9.17, 15) is 14.4 Å². The number of ether oxygens (including phenoxy) is 2. The molecule has 31 heavy (non-hydrogen) atoms. The Morgan fingerprint density at radius 2 is 1.77 bits per heavy atom. The summed E-state index contributed by atoms with van der Waals surface area (Å²) in [6.07, 6.45) is -0.411. The zero-order chi connectivity index (χ0) is 22.6.